The Hall–Kier alpha value is -1.62. The van der Waals surface area contributed by atoms with Crippen molar-refractivity contribution in [3.05, 3.63) is 30.1 Å². The fraction of sp³-hybridized carbons (Fsp3) is 0.684. The van der Waals surface area contributed by atoms with E-state index < -0.39 is 0 Å². The summed E-state index contributed by atoms with van der Waals surface area (Å²) in [6, 6.07) is 5.94. The number of aliphatic imine (C=N–C) groups is 1. The molecule has 0 aromatic carbocycles. The molecule has 0 aliphatic carbocycles. The number of likely N-dealkylation sites (tertiary alicyclic amines) is 1. The largest absolute Gasteiger partial charge is 0.357 e. The molecule has 1 unspecified atom stereocenters. The first-order chi connectivity index (χ1) is 11.8. The highest BCUT2D eigenvalue weighted by Crippen LogP contribution is 2.15. The molecule has 0 bridgehead atoms. The molecular weight excluding hydrogens is 298 g/mol. The van der Waals surface area contributed by atoms with Gasteiger partial charge in [0.1, 0.15) is 0 Å². The van der Waals surface area contributed by atoms with Crippen molar-refractivity contribution in [2.75, 3.05) is 32.7 Å². The highest BCUT2D eigenvalue weighted by atomic mass is 15.2. The lowest BCUT2D eigenvalue weighted by Gasteiger charge is -2.30. The standard InChI is InChI=1S/C19H33N5/c1-3-20-19(23-15-18-10-4-5-11-21-18)22-12-6-7-13-24-14-8-9-17(2)16-24/h4-5,10-11,17H,3,6-9,12-16H2,1-2H3,(H2,20,22,23). The summed E-state index contributed by atoms with van der Waals surface area (Å²) >= 11 is 0. The fourth-order valence-electron chi connectivity index (χ4n) is 3.15. The normalized spacial score (nSPS) is 19.2. The maximum absolute atomic E-state index is 4.60. The number of hydrogen-bond acceptors (Lipinski definition) is 3. The van der Waals surface area contributed by atoms with E-state index in [1.54, 1.807) is 0 Å². The van der Waals surface area contributed by atoms with Crippen LogP contribution in [0.3, 0.4) is 0 Å². The Labute approximate surface area is 147 Å². The third kappa shape index (κ3) is 7.30. The molecule has 1 fully saturated rings. The van der Waals surface area contributed by atoms with Gasteiger partial charge in [-0.1, -0.05) is 13.0 Å². The van der Waals surface area contributed by atoms with Gasteiger partial charge in [0.15, 0.2) is 5.96 Å². The number of nitrogens with zero attached hydrogens (tertiary/aromatic N) is 3. The summed E-state index contributed by atoms with van der Waals surface area (Å²) in [6.07, 6.45) is 7.01. The third-order valence-electron chi connectivity index (χ3n) is 4.40. The van der Waals surface area contributed by atoms with E-state index in [-0.39, 0.29) is 0 Å². The summed E-state index contributed by atoms with van der Waals surface area (Å²) in [4.78, 5) is 11.5. The molecule has 1 atom stereocenters. The van der Waals surface area contributed by atoms with Gasteiger partial charge in [-0.15, -0.1) is 0 Å². The summed E-state index contributed by atoms with van der Waals surface area (Å²) in [5.41, 5.74) is 0.994. The molecule has 1 aliphatic heterocycles. The molecule has 0 radical (unpaired) electrons. The van der Waals surface area contributed by atoms with Gasteiger partial charge < -0.3 is 15.5 Å². The van der Waals surface area contributed by atoms with Gasteiger partial charge in [0, 0.05) is 25.8 Å². The second-order valence-electron chi connectivity index (χ2n) is 6.70. The molecule has 1 aromatic heterocycles. The van der Waals surface area contributed by atoms with E-state index >= 15 is 0 Å². The van der Waals surface area contributed by atoms with Crippen LogP contribution in [0.1, 0.15) is 45.2 Å². The van der Waals surface area contributed by atoms with Gasteiger partial charge in [-0.05, 0) is 63.7 Å². The van der Waals surface area contributed by atoms with E-state index in [0.717, 1.165) is 30.7 Å². The van der Waals surface area contributed by atoms with E-state index in [1.165, 1.54) is 45.3 Å². The maximum Gasteiger partial charge on any atom is 0.191 e. The second kappa shape index (κ2) is 11.0. The van der Waals surface area contributed by atoms with Gasteiger partial charge in [-0.25, -0.2) is 4.99 Å². The number of hydrogen-bond donors (Lipinski definition) is 2. The van der Waals surface area contributed by atoms with E-state index in [2.05, 4.69) is 39.4 Å². The topological polar surface area (TPSA) is 52.6 Å². The van der Waals surface area contributed by atoms with Crippen molar-refractivity contribution in [2.24, 2.45) is 10.9 Å². The molecular formula is C19H33N5. The highest BCUT2D eigenvalue weighted by Gasteiger charge is 2.15. The Morgan fingerprint density at radius 2 is 2.25 bits per heavy atom. The molecule has 0 saturated carbocycles. The van der Waals surface area contributed by atoms with Crippen LogP contribution in [0.5, 0.6) is 0 Å². The van der Waals surface area contributed by atoms with E-state index in [9.17, 15) is 0 Å². The average Bonchev–Trinajstić information content (AvgIpc) is 2.60. The van der Waals surface area contributed by atoms with E-state index in [4.69, 9.17) is 0 Å². The molecule has 2 N–H and O–H groups in total. The number of unbranched alkanes of at least 4 members (excludes halogenated alkanes) is 1. The van der Waals surface area contributed by atoms with Crippen molar-refractivity contribution < 1.29 is 0 Å². The van der Waals surface area contributed by atoms with Gasteiger partial charge in [0.2, 0.25) is 0 Å². The van der Waals surface area contributed by atoms with E-state index in [1.807, 2.05) is 24.4 Å². The van der Waals surface area contributed by atoms with Crippen LogP contribution in [0, 0.1) is 5.92 Å². The number of nitrogens with one attached hydrogen (secondary N) is 2. The zero-order chi connectivity index (χ0) is 17.0. The molecule has 2 heterocycles. The smallest absolute Gasteiger partial charge is 0.191 e. The maximum atomic E-state index is 4.60. The van der Waals surface area contributed by atoms with Crippen molar-refractivity contribution >= 4 is 5.96 Å². The van der Waals surface area contributed by atoms with Crippen LogP contribution < -0.4 is 10.6 Å². The van der Waals surface area contributed by atoms with Crippen molar-refractivity contribution in [1.29, 1.82) is 0 Å². The molecule has 1 aromatic rings. The third-order valence-corrected chi connectivity index (χ3v) is 4.40. The molecule has 5 nitrogen and oxygen atoms in total. The van der Waals surface area contributed by atoms with Crippen molar-refractivity contribution in [2.45, 2.75) is 46.1 Å². The summed E-state index contributed by atoms with van der Waals surface area (Å²) < 4.78 is 0. The Bertz CT molecular complexity index is 474. The minimum atomic E-state index is 0.613. The number of piperidine rings is 1. The second-order valence-corrected chi connectivity index (χ2v) is 6.70. The van der Waals surface area contributed by atoms with Gasteiger partial charge in [0.05, 0.1) is 12.2 Å². The Morgan fingerprint density at radius 3 is 3.00 bits per heavy atom. The monoisotopic (exact) mass is 331 g/mol. The minimum Gasteiger partial charge on any atom is -0.357 e. The first-order valence-electron chi connectivity index (χ1n) is 9.42. The summed E-state index contributed by atoms with van der Waals surface area (Å²) in [6.45, 7) is 10.7. The zero-order valence-electron chi connectivity index (χ0n) is 15.3. The first-order valence-corrected chi connectivity index (χ1v) is 9.42. The van der Waals surface area contributed by atoms with Gasteiger partial charge in [0.25, 0.3) is 0 Å². The van der Waals surface area contributed by atoms with Crippen LogP contribution in [-0.4, -0.2) is 48.6 Å². The number of aromatic nitrogens is 1. The molecule has 24 heavy (non-hydrogen) atoms. The lowest BCUT2D eigenvalue weighted by molar-refractivity contribution is 0.181. The van der Waals surface area contributed by atoms with Crippen molar-refractivity contribution in [3.8, 4) is 0 Å². The Kier molecular flexibility index (Phi) is 8.60. The Morgan fingerprint density at radius 1 is 1.33 bits per heavy atom. The molecule has 1 saturated heterocycles. The number of pyridine rings is 1. The number of rotatable bonds is 8. The molecule has 1 aliphatic rings. The molecule has 5 heteroatoms. The predicted octanol–water partition coefficient (Wildman–Crippen LogP) is 2.65. The fourth-order valence-corrected chi connectivity index (χ4v) is 3.15. The quantitative estimate of drug-likeness (QED) is 0.437. The van der Waals surface area contributed by atoms with Gasteiger partial charge in [-0.3, -0.25) is 4.98 Å². The molecule has 2 rings (SSSR count). The highest BCUT2D eigenvalue weighted by molar-refractivity contribution is 5.79. The lowest BCUT2D eigenvalue weighted by atomic mass is 10.0. The Balaban J connectivity index is 1.64. The van der Waals surface area contributed by atoms with Gasteiger partial charge >= 0.3 is 0 Å². The minimum absolute atomic E-state index is 0.613. The predicted molar refractivity (Wildman–Crippen MR) is 101 cm³/mol. The lowest BCUT2D eigenvalue weighted by Crippen LogP contribution is -2.38. The SMILES string of the molecule is CCNC(=NCc1ccccn1)NCCCCN1CCCC(C)C1. The van der Waals surface area contributed by atoms with Crippen molar-refractivity contribution in [3.63, 3.8) is 0 Å². The van der Waals surface area contributed by atoms with E-state index in [0.29, 0.717) is 6.54 Å². The van der Waals surface area contributed by atoms with Crippen LogP contribution in [0.2, 0.25) is 0 Å². The summed E-state index contributed by atoms with van der Waals surface area (Å²) in [5.74, 6) is 1.76. The average molecular weight is 332 g/mol. The molecule has 134 valence electrons. The van der Waals surface area contributed by atoms with Crippen molar-refractivity contribution in [1.82, 2.24) is 20.5 Å². The number of guanidine groups is 1. The first kappa shape index (κ1) is 18.7. The van der Waals surface area contributed by atoms with Gasteiger partial charge in [-0.2, -0.15) is 0 Å². The van der Waals surface area contributed by atoms with Crippen LogP contribution in [0.15, 0.2) is 29.4 Å². The zero-order valence-corrected chi connectivity index (χ0v) is 15.3. The van der Waals surface area contributed by atoms with Crippen LogP contribution in [-0.2, 0) is 6.54 Å². The summed E-state index contributed by atoms with van der Waals surface area (Å²) in [5, 5.41) is 6.73. The van der Waals surface area contributed by atoms with Crippen LogP contribution >= 0.6 is 0 Å². The van der Waals surface area contributed by atoms with Crippen LogP contribution in [0.4, 0.5) is 0 Å². The molecule has 0 spiro atoms. The van der Waals surface area contributed by atoms with Crippen LogP contribution in [0.25, 0.3) is 0 Å². The summed E-state index contributed by atoms with van der Waals surface area (Å²) in [7, 11) is 0. The molecule has 0 amide bonds.